The molecule has 76 valence electrons. The maximum atomic E-state index is 10.2. The number of allylic oxidation sites excluding steroid dienone is 1. The molecule has 0 saturated heterocycles. The molecular formula is C12H15ClO. The van der Waals surface area contributed by atoms with Gasteiger partial charge in [0.15, 0.2) is 0 Å². The highest BCUT2D eigenvalue weighted by Gasteiger charge is 2.23. The van der Waals surface area contributed by atoms with Crippen LogP contribution in [0.4, 0.5) is 0 Å². The van der Waals surface area contributed by atoms with Crippen molar-refractivity contribution in [2.45, 2.75) is 25.9 Å². The molecule has 1 atom stereocenters. The fourth-order valence-electron chi connectivity index (χ4n) is 1.36. The molecular weight excluding hydrogens is 196 g/mol. The molecule has 0 fully saturated rings. The molecule has 0 aromatic heterocycles. The Labute approximate surface area is 90.0 Å². The van der Waals surface area contributed by atoms with Crippen molar-refractivity contribution in [3.8, 4) is 0 Å². The Kier molecular flexibility index (Phi) is 3.73. The smallest absolute Gasteiger partial charge is 0.0917 e. The van der Waals surface area contributed by atoms with Crippen LogP contribution in [0.15, 0.2) is 36.4 Å². The minimum Gasteiger partial charge on any atom is -0.385 e. The van der Waals surface area contributed by atoms with Gasteiger partial charge >= 0.3 is 0 Å². The third kappa shape index (κ3) is 2.60. The normalized spacial score (nSPS) is 15.7. The molecule has 0 saturated carbocycles. The summed E-state index contributed by atoms with van der Waals surface area (Å²) in [7, 11) is 0. The quantitative estimate of drug-likeness (QED) is 0.757. The van der Waals surface area contributed by atoms with Crippen LogP contribution >= 0.6 is 11.6 Å². The minimum atomic E-state index is -0.884. The standard InChI is InChI=1S/C12H15ClO/c1-3-4-9-12(2,14)10-7-5-6-8-11(10)13/h3-8,14H,9H2,1-2H3/b4-3+. The number of benzene rings is 1. The molecule has 14 heavy (non-hydrogen) atoms. The summed E-state index contributed by atoms with van der Waals surface area (Å²) >= 11 is 6.00. The van der Waals surface area contributed by atoms with E-state index in [9.17, 15) is 5.11 Å². The second-order valence-corrected chi connectivity index (χ2v) is 3.93. The molecule has 1 aromatic rings. The third-order valence-electron chi connectivity index (χ3n) is 2.21. The zero-order chi connectivity index (χ0) is 10.6. The largest absolute Gasteiger partial charge is 0.385 e. The van der Waals surface area contributed by atoms with E-state index in [1.807, 2.05) is 37.3 Å². The van der Waals surface area contributed by atoms with Crippen LogP contribution in [0, 0.1) is 0 Å². The minimum absolute atomic E-state index is 0.577. The fraction of sp³-hybridized carbons (Fsp3) is 0.333. The van der Waals surface area contributed by atoms with E-state index in [-0.39, 0.29) is 0 Å². The van der Waals surface area contributed by atoms with Gasteiger partial charge in [-0.1, -0.05) is 42.0 Å². The molecule has 1 nitrogen and oxygen atoms in total. The molecule has 2 heteroatoms. The van der Waals surface area contributed by atoms with Crippen molar-refractivity contribution in [1.29, 1.82) is 0 Å². The summed E-state index contributed by atoms with van der Waals surface area (Å²) in [6, 6.07) is 7.38. The predicted molar refractivity (Wildman–Crippen MR) is 60.5 cm³/mol. The Hall–Kier alpha value is -0.790. The molecule has 0 amide bonds. The van der Waals surface area contributed by atoms with Gasteiger partial charge in [-0.25, -0.2) is 0 Å². The predicted octanol–water partition coefficient (Wildman–Crippen LogP) is 3.51. The van der Waals surface area contributed by atoms with Gasteiger partial charge in [-0.05, 0) is 26.3 Å². The Morgan fingerprint density at radius 3 is 2.64 bits per heavy atom. The van der Waals surface area contributed by atoms with Gasteiger partial charge in [-0.2, -0.15) is 0 Å². The van der Waals surface area contributed by atoms with Crippen LogP contribution in [-0.2, 0) is 5.60 Å². The Morgan fingerprint density at radius 1 is 1.43 bits per heavy atom. The van der Waals surface area contributed by atoms with Crippen LogP contribution in [0.1, 0.15) is 25.8 Å². The highest BCUT2D eigenvalue weighted by molar-refractivity contribution is 6.31. The van der Waals surface area contributed by atoms with E-state index in [4.69, 9.17) is 11.6 Å². The Morgan fingerprint density at radius 2 is 2.07 bits per heavy atom. The van der Waals surface area contributed by atoms with Gasteiger partial charge in [0, 0.05) is 10.6 Å². The van der Waals surface area contributed by atoms with Crippen LogP contribution < -0.4 is 0 Å². The lowest BCUT2D eigenvalue weighted by atomic mass is 9.92. The first-order chi connectivity index (χ1) is 6.58. The van der Waals surface area contributed by atoms with Crippen molar-refractivity contribution in [3.63, 3.8) is 0 Å². The van der Waals surface area contributed by atoms with Crippen LogP contribution in [0.5, 0.6) is 0 Å². The van der Waals surface area contributed by atoms with Crippen molar-refractivity contribution in [2.24, 2.45) is 0 Å². The van der Waals surface area contributed by atoms with Gasteiger partial charge in [0.2, 0.25) is 0 Å². The summed E-state index contributed by atoms with van der Waals surface area (Å²) in [5, 5.41) is 10.8. The SMILES string of the molecule is C/C=C/CC(C)(O)c1ccccc1Cl. The van der Waals surface area contributed by atoms with Crippen LogP contribution in [0.3, 0.4) is 0 Å². The molecule has 1 unspecified atom stereocenters. The average Bonchev–Trinajstić information content (AvgIpc) is 2.15. The van der Waals surface area contributed by atoms with Gasteiger partial charge in [-0.3, -0.25) is 0 Å². The van der Waals surface area contributed by atoms with Crippen molar-refractivity contribution >= 4 is 11.6 Å². The lowest BCUT2D eigenvalue weighted by Crippen LogP contribution is -2.20. The van der Waals surface area contributed by atoms with Gasteiger partial charge in [0.25, 0.3) is 0 Å². The Bertz CT molecular complexity index is 329. The van der Waals surface area contributed by atoms with Crippen molar-refractivity contribution in [2.75, 3.05) is 0 Å². The molecule has 0 heterocycles. The van der Waals surface area contributed by atoms with Crippen LogP contribution in [0.2, 0.25) is 5.02 Å². The summed E-state index contributed by atoms with van der Waals surface area (Å²) in [5.41, 5.74) is -0.107. The fourth-order valence-corrected chi connectivity index (χ4v) is 1.69. The van der Waals surface area contributed by atoms with Crippen LogP contribution in [0.25, 0.3) is 0 Å². The third-order valence-corrected chi connectivity index (χ3v) is 2.53. The number of hydrogen-bond donors (Lipinski definition) is 1. The highest BCUT2D eigenvalue weighted by atomic mass is 35.5. The molecule has 1 N–H and O–H groups in total. The van der Waals surface area contributed by atoms with E-state index in [0.29, 0.717) is 11.4 Å². The summed E-state index contributed by atoms with van der Waals surface area (Å²) in [6.45, 7) is 3.71. The molecule has 0 bridgehead atoms. The number of halogens is 1. The van der Waals surface area contributed by atoms with Crippen molar-refractivity contribution in [1.82, 2.24) is 0 Å². The highest BCUT2D eigenvalue weighted by Crippen LogP contribution is 2.30. The second kappa shape index (κ2) is 4.63. The first kappa shape index (κ1) is 11.3. The van der Waals surface area contributed by atoms with E-state index in [1.54, 1.807) is 13.0 Å². The molecule has 0 aliphatic rings. The summed E-state index contributed by atoms with van der Waals surface area (Å²) in [4.78, 5) is 0. The van der Waals surface area contributed by atoms with Crippen molar-refractivity contribution in [3.05, 3.63) is 47.0 Å². The maximum absolute atomic E-state index is 10.2. The maximum Gasteiger partial charge on any atom is 0.0917 e. The summed E-state index contributed by atoms with van der Waals surface area (Å²) in [6.07, 6.45) is 4.43. The summed E-state index contributed by atoms with van der Waals surface area (Å²) < 4.78 is 0. The lowest BCUT2D eigenvalue weighted by Gasteiger charge is -2.23. The van der Waals surface area contributed by atoms with Gasteiger partial charge in [0.05, 0.1) is 5.60 Å². The molecule has 1 rings (SSSR count). The van der Waals surface area contributed by atoms with Crippen LogP contribution in [-0.4, -0.2) is 5.11 Å². The Balaban J connectivity index is 2.97. The number of aliphatic hydroxyl groups is 1. The summed E-state index contributed by atoms with van der Waals surface area (Å²) in [5.74, 6) is 0. The van der Waals surface area contributed by atoms with Gasteiger partial charge in [0.1, 0.15) is 0 Å². The zero-order valence-corrected chi connectivity index (χ0v) is 9.25. The van der Waals surface area contributed by atoms with Gasteiger partial charge in [-0.15, -0.1) is 0 Å². The lowest BCUT2D eigenvalue weighted by molar-refractivity contribution is 0.0606. The van der Waals surface area contributed by atoms with E-state index >= 15 is 0 Å². The molecule has 0 aliphatic carbocycles. The first-order valence-electron chi connectivity index (χ1n) is 4.66. The second-order valence-electron chi connectivity index (χ2n) is 3.53. The van der Waals surface area contributed by atoms with Gasteiger partial charge < -0.3 is 5.11 Å². The van der Waals surface area contributed by atoms with E-state index in [1.165, 1.54) is 0 Å². The monoisotopic (exact) mass is 210 g/mol. The number of hydrogen-bond acceptors (Lipinski definition) is 1. The first-order valence-corrected chi connectivity index (χ1v) is 5.04. The van der Waals surface area contributed by atoms with E-state index in [0.717, 1.165) is 5.56 Å². The molecule has 0 radical (unpaired) electrons. The molecule has 0 aliphatic heterocycles. The number of rotatable bonds is 3. The molecule has 0 spiro atoms. The topological polar surface area (TPSA) is 20.2 Å². The zero-order valence-electron chi connectivity index (χ0n) is 8.50. The molecule has 1 aromatic carbocycles. The van der Waals surface area contributed by atoms with Crippen molar-refractivity contribution < 1.29 is 5.11 Å². The van der Waals surface area contributed by atoms with E-state index < -0.39 is 5.60 Å². The van der Waals surface area contributed by atoms with E-state index in [2.05, 4.69) is 0 Å². The average molecular weight is 211 g/mol.